The maximum atomic E-state index is 12.8. The molecule has 7 heteroatoms. The van der Waals surface area contributed by atoms with Crippen LogP contribution in [0.15, 0.2) is 28.7 Å². The minimum absolute atomic E-state index is 0.286. The Bertz CT molecular complexity index is 610. The van der Waals surface area contributed by atoms with Crippen LogP contribution < -0.4 is 0 Å². The number of rotatable bonds is 5. The molecule has 0 aliphatic heterocycles. The van der Waals surface area contributed by atoms with Crippen LogP contribution in [-0.4, -0.2) is 26.0 Å². The molecular formula is C13H13FN2O3S. The molecule has 1 aromatic carbocycles. The number of nitrogens with zero attached hydrogens (tertiary/aromatic N) is 2. The van der Waals surface area contributed by atoms with E-state index in [-0.39, 0.29) is 11.7 Å². The van der Waals surface area contributed by atoms with E-state index in [1.54, 1.807) is 26.0 Å². The second kappa shape index (κ2) is 5.62. The Morgan fingerprint density at radius 1 is 1.35 bits per heavy atom. The molecule has 0 fully saturated rings. The van der Waals surface area contributed by atoms with Gasteiger partial charge in [-0.05, 0) is 38.1 Å². The number of carboxylic acid groups (broad SMARTS) is 1. The summed E-state index contributed by atoms with van der Waals surface area (Å²) in [5, 5.41) is 16.7. The fraction of sp³-hybridized carbons (Fsp3) is 0.308. The molecule has 0 aliphatic carbocycles. The number of carbonyl (C=O) groups is 1. The number of benzene rings is 1. The summed E-state index contributed by atoms with van der Waals surface area (Å²) < 4.78 is 17.3. The molecule has 20 heavy (non-hydrogen) atoms. The first-order valence-corrected chi connectivity index (χ1v) is 6.83. The summed E-state index contributed by atoms with van der Waals surface area (Å²) in [6, 6.07) is 5.70. The fourth-order valence-corrected chi connectivity index (χ4v) is 2.05. The third kappa shape index (κ3) is 3.36. The van der Waals surface area contributed by atoms with E-state index in [0.717, 1.165) is 0 Å². The first-order valence-electron chi connectivity index (χ1n) is 5.84. The molecule has 0 saturated heterocycles. The zero-order valence-corrected chi connectivity index (χ0v) is 11.8. The van der Waals surface area contributed by atoms with Gasteiger partial charge in [-0.15, -0.1) is 22.0 Å². The van der Waals surface area contributed by atoms with Gasteiger partial charge in [-0.2, -0.15) is 0 Å². The maximum absolute atomic E-state index is 12.8. The molecule has 5 nitrogen and oxygen atoms in total. The average molecular weight is 296 g/mol. The summed E-state index contributed by atoms with van der Waals surface area (Å²) in [5.74, 6) is -0.321. The van der Waals surface area contributed by atoms with Crippen molar-refractivity contribution in [2.24, 2.45) is 0 Å². The van der Waals surface area contributed by atoms with Gasteiger partial charge in [-0.25, -0.2) is 4.39 Å². The predicted molar refractivity (Wildman–Crippen MR) is 72.7 cm³/mol. The molecule has 2 aromatic rings. The van der Waals surface area contributed by atoms with Crippen LogP contribution in [0.3, 0.4) is 0 Å². The van der Waals surface area contributed by atoms with Gasteiger partial charge in [0, 0.05) is 5.56 Å². The van der Waals surface area contributed by atoms with Crippen LogP contribution in [0, 0.1) is 5.82 Å². The molecule has 0 radical (unpaired) electrons. The average Bonchev–Trinajstić information content (AvgIpc) is 2.86. The first-order chi connectivity index (χ1) is 9.38. The van der Waals surface area contributed by atoms with Crippen molar-refractivity contribution >= 4 is 17.7 Å². The smallest absolute Gasteiger partial charge is 0.319 e. The number of aliphatic carboxylic acids is 1. The molecular weight excluding hydrogens is 283 g/mol. The number of hydrogen-bond donors (Lipinski definition) is 1. The molecule has 0 bridgehead atoms. The van der Waals surface area contributed by atoms with Crippen molar-refractivity contribution in [3.63, 3.8) is 0 Å². The van der Waals surface area contributed by atoms with E-state index < -0.39 is 10.7 Å². The van der Waals surface area contributed by atoms with Crippen LogP contribution in [-0.2, 0) is 10.5 Å². The monoisotopic (exact) mass is 296 g/mol. The first kappa shape index (κ1) is 14.5. The lowest BCUT2D eigenvalue weighted by atomic mass is 10.2. The van der Waals surface area contributed by atoms with E-state index >= 15 is 0 Å². The molecule has 0 unspecified atom stereocenters. The van der Waals surface area contributed by atoms with Gasteiger partial charge in [0.15, 0.2) is 0 Å². The van der Waals surface area contributed by atoms with Crippen LogP contribution in [0.1, 0.15) is 19.7 Å². The molecule has 1 N–H and O–H groups in total. The third-order valence-corrected chi connectivity index (χ3v) is 3.92. The van der Waals surface area contributed by atoms with Crippen molar-refractivity contribution in [1.82, 2.24) is 10.2 Å². The van der Waals surface area contributed by atoms with Gasteiger partial charge in [0.1, 0.15) is 10.6 Å². The van der Waals surface area contributed by atoms with Crippen LogP contribution in [0.2, 0.25) is 0 Å². The van der Waals surface area contributed by atoms with E-state index in [2.05, 4.69) is 10.2 Å². The van der Waals surface area contributed by atoms with Gasteiger partial charge < -0.3 is 9.52 Å². The molecule has 0 spiro atoms. The summed E-state index contributed by atoms with van der Waals surface area (Å²) in [5.41, 5.74) is 0.618. The summed E-state index contributed by atoms with van der Waals surface area (Å²) in [6.45, 7) is 3.22. The normalized spacial score (nSPS) is 11.6. The zero-order valence-electron chi connectivity index (χ0n) is 11.0. The van der Waals surface area contributed by atoms with Gasteiger partial charge in [0.05, 0.1) is 5.75 Å². The number of carboxylic acids is 1. The molecule has 2 rings (SSSR count). The Hall–Kier alpha value is -1.89. The summed E-state index contributed by atoms with van der Waals surface area (Å²) >= 11 is 1.20. The van der Waals surface area contributed by atoms with Crippen molar-refractivity contribution in [2.75, 3.05) is 0 Å². The largest absolute Gasteiger partial charge is 0.480 e. The van der Waals surface area contributed by atoms with Gasteiger partial charge in [0.25, 0.3) is 0 Å². The Labute approximate surface area is 119 Å². The Balaban J connectivity index is 2.06. The number of aromatic nitrogens is 2. The standard InChI is InChI=1S/C13H13FN2O3S/c1-13(2,12(17)18)20-7-10-15-16-11(19-10)8-3-5-9(14)6-4-8/h3-6H,7H2,1-2H3,(H,17,18). The van der Waals surface area contributed by atoms with Crippen LogP contribution in [0.25, 0.3) is 11.5 Å². The van der Waals surface area contributed by atoms with E-state index in [9.17, 15) is 9.18 Å². The van der Waals surface area contributed by atoms with Gasteiger partial charge in [-0.3, -0.25) is 4.79 Å². The highest BCUT2D eigenvalue weighted by atomic mass is 32.2. The van der Waals surface area contributed by atoms with Crippen molar-refractivity contribution in [3.8, 4) is 11.5 Å². The Morgan fingerprint density at radius 2 is 2.00 bits per heavy atom. The number of hydrogen-bond acceptors (Lipinski definition) is 5. The van der Waals surface area contributed by atoms with E-state index in [4.69, 9.17) is 9.52 Å². The molecule has 0 saturated carbocycles. The summed E-state index contributed by atoms with van der Waals surface area (Å²) in [6.07, 6.45) is 0. The highest BCUT2D eigenvalue weighted by Crippen LogP contribution is 2.28. The Morgan fingerprint density at radius 3 is 2.60 bits per heavy atom. The second-order valence-corrected chi connectivity index (χ2v) is 6.21. The van der Waals surface area contributed by atoms with Crippen molar-refractivity contribution in [1.29, 1.82) is 0 Å². The number of halogens is 1. The topological polar surface area (TPSA) is 76.2 Å². The minimum atomic E-state index is -0.926. The fourth-order valence-electron chi connectivity index (χ4n) is 1.32. The lowest BCUT2D eigenvalue weighted by Crippen LogP contribution is -2.27. The van der Waals surface area contributed by atoms with E-state index in [0.29, 0.717) is 17.2 Å². The molecule has 0 amide bonds. The maximum Gasteiger partial charge on any atom is 0.319 e. The third-order valence-electron chi connectivity index (χ3n) is 2.63. The highest BCUT2D eigenvalue weighted by molar-refractivity contribution is 8.00. The highest BCUT2D eigenvalue weighted by Gasteiger charge is 2.28. The van der Waals surface area contributed by atoms with Gasteiger partial charge >= 0.3 is 5.97 Å². The summed E-state index contributed by atoms with van der Waals surface area (Å²) in [4.78, 5) is 11.0. The number of thioether (sulfide) groups is 1. The van der Waals surface area contributed by atoms with Crippen LogP contribution in [0.5, 0.6) is 0 Å². The SMILES string of the molecule is CC(C)(SCc1nnc(-c2ccc(F)cc2)o1)C(=O)O. The lowest BCUT2D eigenvalue weighted by Gasteiger charge is -2.16. The van der Waals surface area contributed by atoms with Crippen molar-refractivity contribution in [3.05, 3.63) is 36.0 Å². The molecule has 106 valence electrons. The molecule has 1 heterocycles. The van der Waals surface area contributed by atoms with Crippen LogP contribution >= 0.6 is 11.8 Å². The summed E-state index contributed by atoms with van der Waals surface area (Å²) in [7, 11) is 0. The quantitative estimate of drug-likeness (QED) is 0.914. The molecule has 0 atom stereocenters. The van der Waals surface area contributed by atoms with Crippen molar-refractivity contribution in [2.45, 2.75) is 24.3 Å². The Kier molecular flexibility index (Phi) is 4.08. The lowest BCUT2D eigenvalue weighted by molar-refractivity contribution is -0.138. The van der Waals surface area contributed by atoms with Gasteiger partial charge in [0.2, 0.25) is 11.8 Å². The van der Waals surface area contributed by atoms with Gasteiger partial charge in [-0.1, -0.05) is 0 Å². The molecule has 1 aromatic heterocycles. The molecule has 0 aliphatic rings. The second-order valence-electron chi connectivity index (χ2n) is 4.61. The van der Waals surface area contributed by atoms with Crippen LogP contribution in [0.4, 0.5) is 4.39 Å². The van der Waals surface area contributed by atoms with E-state index in [1.807, 2.05) is 0 Å². The zero-order chi connectivity index (χ0) is 14.8. The van der Waals surface area contributed by atoms with E-state index in [1.165, 1.54) is 23.9 Å². The van der Waals surface area contributed by atoms with Crippen molar-refractivity contribution < 1.29 is 18.7 Å². The predicted octanol–water partition coefficient (Wildman–Crippen LogP) is 2.97. The minimum Gasteiger partial charge on any atom is -0.480 e.